The van der Waals surface area contributed by atoms with Gasteiger partial charge < -0.3 is 4.55 Å². The first-order valence-electron chi connectivity index (χ1n) is 4.92. The highest BCUT2D eigenvalue weighted by atomic mass is 35.5. The maximum absolute atomic E-state index is 11.0. The van der Waals surface area contributed by atoms with Gasteiger partial charge in [-0.15, -0.1) is 0 Å². The number of aryl methyl sites for hydroxylation is 1. The summed E-state index contributed by atoms with van der Waals surface area (Å²) >= 11 is 3.19. The van der Waals surface area contributed by atoms with Gasteiger partial charge in [-0.25, -0.2) is 0 Å². The van der Waals surface area contributed by atoms with Crippen molar-refractivity contribution in [3.05, 3.63) is 34.9 Å². The van der Waals surface area contributed by atoms with Gasteiger partial charge in [-0.2, -0.15) is 0 Å². The molecule has 1 rings (SSSR count). The molecule has 0 saturated carbocycles. The van der Waals surface area contributed by atoms with E-state index >= 15 is 0 Å². The Morgan fingerprint density at radius 1 is 1.44 bits per heavy atom. The van der Waals surface area contributed by atoms with E-state index in [4.69, 9.17) is 11.6 Å². The minimum Gasteiger partial charge on any atom is -0.772 e. The normalized spacial score (nSPS) is 12.4. The van der Waals surface area contributed by atoms with Gasteiger partial charge in [0.05, 0.1) is 0 Å². The molecule has 0 aromatic heterocycles. The SMILES string of the molecule is CCCc1ccc(C(=O)Cl)cc1CS(=O)[O-]. The van der Waals surface area contributed by atoms with E-state index in [9.17, 15) is 13.6 Å². The Hall–Kier alpha value is -0.710. The summed E-state index contributed by atoms with van der Waals surface area (Å²) in [4.78, 5) is 11.0. The van der Waals surface area contributed by atoms with Crippen LogP contribution in [0.1, 0.15) is 34.8 Å². The summed E-state index contributed by atoms with van der Waals surface area (Å²) in [5.74, 6) is -0.0760. The fourth-order valence-electron chi connectivity index (χ4n) is 1.52. The van der Waals surface area contributed by atoms with Gasteiger partial charge in [0.1, 0.15) is 0 Å². The standard InChI is InChI=1S/C11H13ClO3S/c1-2-3-8-4-5-9(11(12)13)6-10(8)7-16(14)15/h4-6H,2-3,7H2,1H3,(H,14,15)/p-1. The van der Waals surface area contributed by atoms with Crippen LogP contribution in [0.5, 0.6) is 0 Å². The summed E-state index contributed by atoms with van der Waals surface area (Å²) in [6.07, 6.45) is 1.72. The molecule has 0 spiro atoms. The van der Waals surface area contributed by atoms with E-state index in [1.54, 1.807) is 18.2 Å². The maximum atomic E-state index is 11.0. The summed E-state index contributed by atoms with van der Waals surface area (Å²) < 4.78 is 21.4. The Morgan fingerprint density at radius 2 is 2.12 bits per heavy atom. The lowest BCUT2D eigenvalue weighted by Gasteiger charge is -2.11. The molecule has 0 radical (unpaired) electrons. The molecule has 3 nitrogen and oxygen atoms in total. The lowest BCUT2D eigenvalue weighted by atomic mass is 10.0. The van der Waals surface area contributed by atoms with Crippen molar-refractivity contribution in [3.8, 4) is 0 Å². The molecule has 0 aliphatic carbocycles. The van der Waals surface area contributed by atoms with Gasteiger partial charge >= 0.3 is 0 Å². The van der Waals surface area contributed by atoms with Crippen molar-refractivity contribution in [2.45, 2.75) is 25.5 Å². The number of carbonyl (C=O) groups excluding carboxylic acids is 1. The molecule has 5 heteroatoms. The predicted molar refractivity (Wildman–Crippen MR) is 63.2 cm³/mol. The molecular formula is C11H12ClO3S-. The second-order valence-corrected chi connectivity index (χ2v) is 4.69. The van der Waals surface area contributed by atoms with Gasteiger partial charge in [0.25, 0.3) is 5.24 Å². The fourth-order valence-corrected chi connectivity index (χ4v) is 2.16. The number of carbonyl (C=O) groups is 1. The zero-order valence-corrected chi connectivity index (χ0v) is 10.4. The van der Waals surface area contributed by atoms with Crippen LogP contribution < -0.4 is 0 Å². The lowest BCUT2D eigenvalue weighted by molar-refractivity contribution is 0.108. The molecule has 1 aromatic carbocycles. The molecule has 1 unspecified atom stereocenters. The highest BCUT2D eigenvalue weighted by Crippen LogP contribution is 2.17. The van der Waals surface area contributed by atoms with Crippen LogP contribution in [-0.4, -0.2) is 14.0 Å². The van der Waals surface area contributed by atoms with Gasteiger partial charge in [-0.05, 0) is 41.3 Å². The van der Waals surface area contributed by atoms with Crippen LogP contribution >= 0.6 is 11.6 Å². The fraction of sp³-hybridized carbons (Fsp3) is 0.364. The Balaban J connectivity index is 3.09. The maximum Gasteiger partial charge on any atom is 0.252 e. The minimum atomic E-state index is -2.16. The van der Waals surface area contributed by atoms with Crippen LogP contribution in [0.15, 0.2) is 18.2 Å². The van der Waals surface area contributed by atoms with Gasteiger partial charge in [0.15, 0.2) is 0 Å². The van der Waals surface area contributed by atoms with Crippen molar-refractivity contribution < 1.29 is 13.6 Å². The van der Waals surface area contributed by atoms with E-state index in [1.807, 2.05) is 6.92 Å². The molecule has 0 fully saturated rings. The van der Waals surface area contributed by atoms with Gasteiger partial charge in [-0.1, -0.05) is 30.5 Å². The molecule has 1 atom stereocenters. The first-order valence-corrected chi connectivity index (χ1v) is 6.54. The summed E-state index contributed by atoms with van der Waals surface area (Å²) in [5, 5.41) is -0.569. The molecule has 1 aromatic rings. The van der Waals surface area contributed by atoms with Crippen molar-refractivity contribution in [1.29, 1.82) is 0 Å². The summed E-state index contributed by atoms with van der Waals surface area (Å²) in [5.41, 5.74) is 1.94. The van der Waals surface area contributed by atoms with E-state index in [-0.39, 0.29) is 5.75 Å². The van der Waals surface area contributed by atoms with Gasteiger partial charge in [0.2, 0.25) is 0 Å². The van der Waals surface area contributed by atoms with Crippen molar-refractivity contribution in [2.24, 2.45) is 0 Å². The summed E-state index contributed by atoms with van der Waals surface area (Å²) in [6.45, 7) is 2.01. The average Bonchev–Trinajstić information content (AvgIpc) is 2.19. The van der Waals surface area contributed by atoms with E-state index < -0.39 is 16.3 Å². The molecule has 0 N–H and O–H groups in total. The van der Waals surface area contributed by atoms with E-state index in [1.165, 1.54) is 0 Å². The molecule has 0 saturated heterocycles. The summed E-state index contributed by atoms with van der Waals surface area (Å²) in [6, 6.07) is 4.94. The highest BCUT2D eigenvalue weighted by molar-refractivity contribution is 7.78. The minimum absolute atomic E-state index is 0.0760. The highest BCUT2D eigenvalue weighted by Gasteiger charge is 2.07. The molecule has 16 heavy (non-hydrogen) atoms. The molecule has 0 bridgehead atoms. The van der Waals surface area contributed by atoms with E-state index in [2.05, 4.69) is 0 Å². The predicted octanol–water partition coefficient (Wildman–Crippen LogP) is 2.40. The Labute approximate surface area is 102 Å². The molecule has 0 aliphatic heterocycles. The Morgan fingerprint density at radius 3 is 2.62 bits per heavy atom. The quantitative estimate of drug-likeness (QED) is 0.603. The first kappa shape index (κ1) is 13.4. The second-order valence-electron chi connectivity index (χ2n) is 3.46. The Bertz CT molecular complexity index is 418. The van der Waals surface area contributed by atoms with Crippen LogP contribution in [0.2, 0.25) is 0 Å². The number of benzene rings is 1. The number of halogens is 1. The van der Waals surface area contributed by atoms with Crippen LogP contribution in [0.3, 0.4) is 0 Å². The summed E-state index contributed by atoms with van der Waals surface area (Å²) in [7, 11) is 0. The van der Waals surface area contributed by atoms with Crippen molar-refractivity contribution in [1.82, 2.24) is 0 Å². The van der Waals surface area contributed by atoms with Crippen LogP contribution in [0.4, 0.5) is 0 Å². The number of rotatable bonds is 5. The van der Waals surface area contributed by atoms with Crippen molar-refractivity contribution in [3.63, 3.8) is 0 Å². The molecule has 0 amide bonds. The largest absolute Gasteiger partial charge is 0.772 e. The molecule has 88 valence electrons. The topological polar surface area (TPSA) is 57.2 Å². The average molecular weight is 260 g/mol. The molecular weight excluding hydrogens is 248 g/mol. The van der Waals surface area contributed by atoms with Gasteiger partial charge in [0, 0.05) is 11.3 Å². The zero-order chi connectivity index (χ0) is 12.1. The second kappa shape index (κ2) is 6.13. The zero-order valence-electron chi connectivity index (χ0n) is 8.86. The monoisotopic (exact) mass is 259 g/mol. The first-order chi connectivity index (χ1) is 7.54. The number of hydrogen-bond acceptors (Lipinski definition) is 3. The van der Waals surface area contributed by atoms with Crippen LogP contribution in [-0.2, 0) is 23.3 Å². The van der Waals surface area contributed by atoms with E-state index in [0.29, 0.717) is 11.1 Å². The van der Waals surface area contributed by atoms with Crippen LogP contribution in [0, 0.1) is 0 Å². The third kappa shape index (κ3) is 3.70. The third-order valence-corrected chi connectivity index (χ3v) is 2.99. The van der Waals surface area contributed by atoms with E-state index in [0.717, 1.165) is 18.4 Å². The van der Waals surface area contributed by atoms with Crippen molar-refractivity contribution in [2.75, 3.05) is 0 Å². The van der Waals surface area contributed by atoms with Gasteiger partial charge in [-0.3, -0.25) is 9.00 Å². The van der Waals surface area contributed by atoms with Crippen LogP contribution in [0.25, 0.3) is 0 Å². The van der Waals surface area contributed by atoms with Crippen molar-refractivity contribution >= 4 is 27.9 Å². The number of hydrogen-bond donors (Lipinski definition) is 0. The third-order valence-electron chi connectivity index (χ3n) is 2.23. The molecule has 0 aliphatic rings. The smallest absolute Gasteiger partial charge is 0.252 e. The molecule has 0 heterocycles. The Kier molecular flexibility index (Phi) is 5.12. The lowest BCUT2D eigenvalue weighted by Crippen LogP contribution is -2.01.